The van der Waals surface area contributed by atoms with Crippen LogP contribution in [0.25, 0.3) is 28.2 Å². The summed E-state index contributed by atoms with van der Waals surface area (Å²) in [7, 11) is 0. The molecule has 1 heterocycles. The number of nitrogens with zero attached hydrogens (tertiary/aromatic N) is 1. The second-order valence-corrected chi connectivity index (χ2v) is 7.62. The molecule has 0 spiro atoms. The molecule has 4 heteroatoms. The highest BCUT2D eigenvalue weighted by Crippen LogP contribution is 2.34. The molecular formula is C23H15ClINO. The molecule has 0 aliphatic rings. The van der Waals surface area contributed by atoms with Crippen molar-refractivity contribution in [2.45, 2.75) is 0 Å². The molecule has 4 rings (SSSR count). The Morgan fingerprint density at radius 3 is 1.93 bits per heavy atom. The summed E-state index contributed by atoms with van der Waals surface area (Å²) in [4.78, 5) is 12.7. The smallest absolute Gasteiger partial charge is 0.201 e. The number of para-hydroxylation sites is 1. The van der Waals surface area contributed by atoms with Gasteiger partial charge in [0.05, 0.1) is 17.1 Å². The van der Waals surface area contributed by atoms with E-state index in [-0.39, 0.29) is 10.5 Å². The van der Waals surface area contributed by atoms with Gasteiger partial charge in [-0.15, -0.1) is 0 Å². The first-order chi connectivity index (χ1) is 13.2. The van der Waals surface area contributed by atoms with Gasteiger partial charge in [0.25, 0.3) is 0 Å². The van der Waals surface area contributed by atoms with Gasteiger partial charge in [-0.2, -0.15) is 0 Å². The van der Waals surface area contributed by atoms with Gasteiger partial charge < -0.3 is 4.57 Å². The van der Waals surface area contributed by atoms with Crippen LogP contribution in [0.1, 0.15) is 0 Å². The molecular weight excluding hydrogens is 469 g/mol. The SMILES string of the molecule is O=c1cc(-c2ccccc2)n(-c2ccccc2I)c(-c2ccccc2)c1Cl. The predicted octanol–water partition coefficient (Wildman–Crippen LogP) is 6.43. The second kappa shape index (κ2) is 7.71. The minimum absolute atomic E-state index is 0.184. The van der Waals surface area contributed by atoms with E-state index in [9.17, 15) is 4.79 Å². The first-order valence-electron chi connectivity index (χ1n) is 8.48. The fraction of sp³-hybridized carbons (Fsp3) is 0. The van der Waals surface area contributed by atoms with Gasteiger partial charge in [0, 0.05) is 15.2 Å². The van der Waals surface area contributed by atoms with Crippen LogP contribution in [-0.2, 0) is 0 Å². The van der Waals surface area contributed by atoms with Gasteiger partial charge in [-0.05, 0) is 40.3 Å². The fourth-order valence-corrected chi connectivity index (χ4v) is 4.02. The summed E-state index contributed by atoms with van der Waals surface area (Å²) < 4.78 is 3.15. The van der Waals surface area contributed by atoms with Crippen LogP contribution in [0.4, 0.5) is 0 Å². The second-order valence-electron chi connectivity index (χ2n) is 6.08. The maximum absolute atomic E-state index is 12.7. The molecule has 4 aromatic rings. The molecule has 2 nitrogen and oxygen atoms in total. The van der Waals surface area contributed by atoms with Gasteiger partial charge in [0.2, 0.25) is 5.43 Å². The molecule has 0 saturated heterocycles. The van der Waals surface area contributed by atoms with Crippen LogP contribution in [0.15, 0.2) is 95.8 Å². The normalized spacial score (nSPS) is 10.7. The monoisotopic (exact) mass is 483 g/mol. The maximum Gasteiger partial charge on any atom is 0.201 e. The van der Waals surface area contributed by atoms with Crippen molar-refractivity contribution < 1.29 is 0 Å². The van der Waals surface area contributed by atoms with Crippen molar-refractivity contribution >= 4 is 34.2 Å². The van der Waals surface area contributed by atoms with Crippen molar-refractivity contribution in [1.82, 2.24) is 4.57 Å². The Bertz CT molecular complexity index is 1150. The van der Waals surface area contributed by atoms with Crippen LogP contribution in [0, 0.1) is 3.57 Å². The third kappa shape index (κ3) is 3.45. The molecule has 0 amide bonds. The van der Waals surface area contributed by atoms with E-state index in [4.69, 9.17) is 11.6 Å². The van der Waals surface area contributed by atoms with E-state index in [1.807, 2.05) is 84.9 Å². The molecule has 0 fully saturated rings. The van der Waals surface area contributed by atoms with E-state index in [0.29, 0.717) is 5.69 Å². The van der Waals surface area contributed by atoms with Crippen molar-refractivity contribution in [3.05, 3.63) is 110 Å². The molecule has 27 heavy (non-hydrogen) atoms. The van der Waals surface area contributed by atoms with Gasteiger partial charge in [-0.3, -0.25) is 4.79 Å². The Hall–Kier alpha value is -2.37. The van der Waals surface area contributed by atoms with Crippen molar-refractivity contribution in [2.75, 3.05) is 0 Å². The summed E-state index contributed by atoms with van der Waals surface area (Å²) in [5.74, 6) is 0. The average Bonchev–Trinajstić information content (AvgIpc) is 2.71. The van der Waals surface area contributed by atoms with Crippen LogP contribution >= 0.6 is 34.2 Å². The third-order valence-electron chi connectivity index (χ3n) is 4.37. The molecule has 132 valence electrons. The van der Waals surface area contributed by atoms with Crippen LogP contribution in [0.3, 0.4) is 0 Å². The highest BCUT2D eigenvalue weighted by atomic mass is 127. The zero-order valence-electron chi connectivity index (χ0n) is 14.3. The largest absolute Gasteiger partial charge is 0.306 e. The zero-order chi connectivity index (χ0) is 18.8. The topological polar surface area (TPSA) is 22.0 Å². The first-order valence-corrected chi connectivity index (χ1v) is 9.94. The Balaban J connectivity index is 2.17. The number of hydrogen-bond acceptors (Lipinski definition) is 1. The number of aromatic nitrogens is 1. The van der Waals surface area contributed by atoms with Crippen LogP contribution in [0.5, 0.6) is 0 Å². The molecule has 0 atom stereocenters. The van der Waals surface area contributed by atoms with E-state index < -0.39 is 0 Å². The lowest BCUT2D eigenvalue weighted by atomic mass is 10.1. The molecule has 0 bridgehead atoms. The Morgan fingerprint density at radius 2 is 1.30 bits per heavy atom. The van der Waals surface area contributed by atoms with Gasteiger partial charge in [0.15, 0.2) is 0 Å². The molecule has 0 aliphatic carbocycles. The van der Waals surface area contributed by atoms with E-state index in [0.717, 1.165) is 26.1 Å². The van der Waals surface area contributed by atoms with E-state index in [1.54, 1.807) is 6.07 Å². The van der Waals surface area contributed by atoms with Crippen LogP contribution in [0.2, 0.25) is 5.02 Å². The fourth-order valence-electron chi connectivity index (χ4n) is 3.14. The summed E-state index contributed by atoms with van der Waals surface area (Å²) in [6.45, 7) is 0. The number of hydrogen-bond donors (Lipinski definition) is 0. The molecule has 0 radical (unpaired) electrons. The lowest BCUT2D eigenvalue weighted by Gasteiger charge is -2.21. The molecule has 1 aromatic heterocycles. The summed E-state index contributed by atoms with van der Waals surface area (Å²) in [5.41, 5.74) is 4.18. The van der Waals surface area contributed by atoms with Crippen molar-refractivity contribution in [3.63, 3.8) is 0 Å². The van der Waals surface area contributed by atoms with Gasteiger partial charge in [-0.25, -0.2) is 0 Å². The summed E-state index contributed by atoms with van der Waals surface area (Å²) in [5, 5.41) is 0.223. The minimum Gasteiger partial charge on any atom is -0.306 e. The first kappa shape index (κ1) is 18.0. The standard InChI is InChI=1S/C23H15ClINO/c24-22-21(27)15-20(16-9-3-1-4-10-16)26(19-14-8-7-13-18(19)25)23(22)17-11-5-2-6-12-17/h1-15H. The van der Waals surface area contributed by atoms with Crippen molar-refractivity contribution in [3.8, 4) is 28.2 Å². The van der Waals surface area contributed by atoms with E-state index in [1.165, 1.54) is 0 Å². The summed E-state index contributed by atoms with van der Waals surface area (Å²) >= 11 is 8.87. The quantitative estimate of drug-likeness (QED) is 0.308. The third-order valence-corrected chi connectivity index (χ3v) is 5.64. The Kier molecular flexibility index (Phi) is 5.14. The zero-order valence-corrected chi connectivity index (χ0v) is 17.2. The van der Waals surface area contributed by atoms with Gasteiger partial charge in [0.1, 0.15) is 5.02 Å². The Morgan fingerprint density at radius 1 is 0.741 bits per heavy atom. The van der Waals surface area contributed by atoms with Gasteiger partial charge in [-0.1, -0.05) is 84.4 Å². The number of rotatable bonds is 3. The lowest BCUT2D eigenvalue weighted by molar-refractivity contribution is 1.05. The van der Waals surface area contributed by atoms with Crippen LogP contribution < -0.4 is 5.43 Å². The summed E-state index contributed by atoms with van der Waals surface area (Å²) in [6.07, 6.45) is 0. The van der Waals surface area contributed by atoms with Crippen LogP contribution in [-0.4, -0.2) is 4.57 Å². The molecule has 0 aliphatic heterocycles. The maximum atomic E-state index is 12.7. The molecule has 0 unspecified atom stereocenters. The number of halogens is 2. The van der Waals surface area contributed by atoms with E-state index in [2.05, 4.69) is 27.2 Å². The molecule has 0 N–H and O–H groups in total. The lowest BCUT2D eigenvalue weighted by Crippen LogP contribution is -2.14. The Labute approximate surface area is 176 Å². The molecule has 3 aromatic carbocycles. The van der Waals surface area contributed by atoms with Crippen molar-refractivity contribution in [2.24, 2.45) is 0 Å². The summed E-state index contributed by atoms with van der Waals surface area (Å²) in [6, 6.07) is 29.4. The predicted molar refractivity (Wildman–Crippen MR) is 121 cm³/mol. The van der Waals surface area contributed by atoms with Crippen molar-refractivity contribution in [1.29, 1.82) is 0 Å². The number of benzene rings is 3. The minimum atomic E-state index is -0.184. The highest BCUT2D eigenvalue weighted by molar-refractivity contribution is 14.1. The highest BCUT2D eigenvalue weighted by Gasteiger charge is 2.19. The molecule has 0 saturated carbocycles. The average molecular weight is 484 g/mol. The number of pyridine rings is 1. The van der Waals surface area contributed by atoms with Gasteiger partial charge >= 0.3 is 0 Å². The van der Waals surface area contributed by atoms with E-state index >= 15 is 0 Å².